The summed E-state index contributed by atoms with van der Waals surface area (Å²) in [5, 5.41) is 14.3. The van der Waals surface area contributed by atoms with Gasteiger partial charge in [-0.15, -0.1) is 0 Å². The van der Waals surface area contributed by atoms with E-state index in [0.29, 0.717) is 6.61 Å². The molecule has 4 rings (SSSR count). The smallest absolute Gasteiger partial charge is 0.100 e. The average Bonchev–Trinajstić information content (AvgIpc) is 3.16. The van der Waals surface area contributed by atoms with E-state index in [9.17, 15) is 5.11 Å². The molecule has 0 saturated carbocycles. The van der Waals surface area contributed by atoms with Gasteiger partial charge in [-0.1, -0.05) is 60.7 Å². The summed E-state index contributed by atoms with van der Waals surface area (Å²) in [5.74, 6) is 0. The maximum atomic E-state index is 9.81. The van der Waals surface area contributed by atoms with E-state index in [-0.39, 0.29) is 18.8 Å². The topological polar surface area (TPSA) is 50.5 Å². The lowest BCUT2D eigenvalue weighted by molar-refractivity contribution is -0.0960. The fourth-order valence-corrected chi connectivity index (χ4v) is 3.77. The lowest BCUT2D eigenvalue weighted by Crippen LogP contribution is -2.46. The minimum Gasteiger partial charge on any atom is -0.394 e. The monoisotopic (exact) mass is 363 g/mol. The highest BCUT2D eigenvalue weighted by molar-refractivity contribution is 5.22. The third-order valence-corrected chi connectivity index (χ3v) is 5.04. The molecule has 1 saturated heterocycles. The Kier molecular flexibility index (Phi) is 5.63. The van der Waals surface area contributed by atoms with Crippen molar-refractivity contribution in [3.63, 3.8) is 0 Å². The van der Waals surface area contributed by atoms with E-state index in [0.717, 1.165) is 19.6 Å². The van der Waals surface area contributed by atoms with E-state index in [2.05, 4.69) is 40.5 Å². The molecule has 1 aromatic heterocycles. The van der Waals surface area contributed by atoms with Crippen LogP contribution in [0.15, 0.2) is 73.1 Å². The van der Waals surface area contributed by atoms with Gasteiger partial charge in [0.2, 0.25) is 0 Å². The molecule has 3 aromatic rings. The number of ether oxygens (including phenoxy) is 1. The number of hydrogen-bond acceptors (Lipinski definition) is 4. The molecule has 0 spiro atoms. The van der Waals surface area contributed by atoms with Crippen LogP contribution in [0.1, 0.15) is 22.7 Å². The first-order valence-electron chi connectivity index (χ1n) is 9.40. The van der Waals surface area contributed by atoms with Crippen LogP contribution in [0.5, 0.6) is 0 Å². The summed E-state index contributed by atoms with van der Waals surface area (Å²) in [6, 6.07) is 20.7. The molecular weight excluding hydrogens is 338 g/mol. The first-order chi connectivity index (χ1) is 13.3. The lowest BCUT2D eigenvalue weighted by Gasteiger charge is -2.40. The second-order valence-electron chi connectivity index (χ2n) is 6.95. The van der Waals surface area contributed by atoms with Gasteiger partial charge < -0.3 is 9.84 Å². The molecule has 5 nitrogen and oxygen atoms in total. The average molecular weight is 363 g/mol. The van der Waals surface area contributed by atoms with Crippen molar-refractivity contribution >= 4 is 0 Å². The van der Waals surface area contributed by atoms with Crippen LogP contribution in [-0.4, -0.2) is 45.6 Å². The van der Waals surface area contributed by atoms with Crippen molar-refractivity contribution in [3.8, 4) is 0 Å². The van der Waals surface area contributed by atoms with Crippen LogP contribution in [0.4, 0.5) is 0 Å². The zero-order chi connectivity index (χ0) is 18.5. The van der Waals surface area contributed by atoms with Gasteiger partial charge in [-0.25, -0.2) is 0 Å². The second kappa shape index (κ2) is 8.48. The summed E-state index contributed by atoms with van der Waals surface area (Å²) in [6.45, 7) is 3.04. The van der Waals surface area contributed by atoms with Crippen molar-refractivity contribution in [1.29, 1.82) is 0 Å². The summed E-state index contributed by atoms with van der Waals surface area (Å²) in [6.07, 6.45) is 3.84. The third-order valence-electron chi connectivity index (χ3n) is 5.04. The van der Waals surface area contributed by atoms with Gasteiger partial charge in [0, 0.05) is 24.8 Å². The number of morpholine rings is 1. The molecule has 0 amide bonds. The zero-order valence-corrected chi connectivity index (χ0v) is 15.3. The number of hydrogen-bond donors (Lipinski definition) is 1. The predicted octanol–water partition coefficient (Wildman–Crippen LogP) is 2.87. The van der Waals surface area contributed by atoms with Crippen molar-refractivity contribution in [2.45, 2.75) is 25.2 Å². The Morgan fingerprint density at radius 3 is 2.44 bits per heavy atom. The van der Waals surface area contributed by atoms with E-state index < -0.39 is 0 Å². The molecule has 2 aromatic carbocycles. The van der Waals surface area contributed by atoms with Crippen LogP contribution in [-0.2, 0) is 17.8 Å². The largest absolute Gasteiger partial charge is 0.394 e. The van der Waals surface area contributed by atoms with Gasteiger partial charge in [0.25, 0.3) is 0 Å². The van der Waals surface area contributed by atoms with E-state index in [4.69, 9.17) is 4.74 Å². The summed E-state index contributed by atoms with van der Waals surface area (Å²) in [5.41, 5.74) is 3.58. The minimum absolute atomic E-state index is 0.0172. The van der Waals surface area contributed by atoms with Crippen LogP contribution in [0, 0.1) is 0 Å². The number of aliphatic hydroxyl groups is 1. The van der Waals surface area contributed by atoms with Gasteiger partial charge >= 0.3 is 0 Å². The van der Waals surface area contributed by atoms with Crippen molar-refractivity contribution in [2.75, 3.05) is 19.8 Å². The number of rotatable bonds is 6. The normalized spacial score (nSPS) is 20.6. The molecule has 140 valence electrons. The zero-order valence-electron chi connectivity index (χ0n) is 15.3. The van der Waals surface area contributed by atoms with Crippen molar-refractivity contribution in [1.82, 2.24) is 14.7 Å². The Hall–Kier alpha value is -2.47. The molecule has 0 unspecified atom stereocenters. The molecule has 2 atom stereocenters. The number of benzene rings is 2. The van der Waals surface area contributed by atoms with Gasteiger partial charge in [0.05, 0.1) is 32.0 Å². The third kappa shape index (κ3) is 4.27. The molecule has 1 aliphatic rings. The minimum atomic E-state index is -0.208. The Morgan fingerprint density at radius 1 is 0.963 bits per heavy atom. The molecule has 2 heterocycles. The van der Waals surface area contributed by atoms with E-state index in [1.807, 2.05) is 47.3 Å². The highest BCUT2D eigenvalue weighted by Gasteiger charge is 2.33. The summed E-state index contributed by atoms with van der Waals surface area (Å²) in [4.78, 5) is 2.38. The second-order valence-corrected chi connectivity index (χ2v) is 6.95. The lowest BCUT2D eigenvalue weighted by atomic mass is 9.98. The SMILES string of the molecule is OC[C@@H]1OCCN(Cc2cnn(Cc3ccccc3)c2)[C@H]1c1ccccc1. The van der Waals surface area contributed by atoms with Gasteiger partial charge in [-0.2, -0.15) is 5.10 Å². The Bertz CT molecular complexity index is 835. The van der Waals surface area contributed by atoms with Crippen LogP contribution < -0.4 is 0 Å². The Labute approximate surface area is 159 Å². The fourth-order valence-electron chi connectivity index (χ4n) is 3.77. The van der Waals surface area contributed by atoms with Gasteiger partial charge in [0.15, 0.2) is 0 Å². The van der Waals surface area contributed by atoms with Crippen molar-refractivity contribution < 1.29 is 9.84 Å². The maximum Gasteiger partial charge on any atom is 0.100 e. The maximum absolute atomic E-state index is 9.81. The summed E-state index contributed by atoms with van der Waals surface area (Å²) >= 11 is 0. The van der Waals surface area contributed by atoms with Crippen LogP contribution in [0.25, 0.3) is 0 Å². The first-order valence-corrected chi connectivity index (χ1v) is 9.40. The van der Waals surface area contributed by atoms with Crippen LogP contribution >= 0.6 is 0 Å². The molecule has 0 bridgehead atoms. The Morgan fingerprint density at radius 2 is 1.70 bits per heavy atom. The van der Waals surface area contributed by atoms with Crippen molar-refractivity contribution in [2.24, 2.45) is 0 Å². The highest BCUT2D eigenvalue weighted by atomic mass is 16.5. The van der Waals surface area contributed by atoms with E-state index in [1.54, 1.807) is 0 Å². The van der Waals surface area contributed by atoms with E-state index >= 15 is 0 Å². The van der Waals surface area contributed by atoms with Crippen LogP contribution in [0.2, 0.25) is 0 Å². The Balaban J connectivity index is 1.50. The first kappa shape index (κ1) is 17.9. The molecule has 0 radical (unpaired) electrons. The predicted molar refractivity (Wildman–Crippen MR) is 104 cm³/mol. The molecule has 1 fully saturated rings. The molecule has 1 N–H and O–H groups in total. The molecule has 1 aliphatic heterocycles. The van der Waals surface area contributed by atoms with Gasteiger partial charge in [0.1, 0.15) is 6.10 Å². The number of aliphatic hydroxyl groups excluding tert-OH is 1. The quantitative estimate of drug-likeness (QED) is 0.732. The molecule has 0 aliphatic carbocycles. The molecular formula is C22H25N3O2. The summed E-state index contributed by atoms with van der Waals surface area (Å²) in [7, 11) is 0. The summed E-state index contributed by atoms with van der Waals surface area (Å²) < 4.78 is 7.81. The van der Waals surface area contributed by atoms with Gasteiger partial charge in [-0.05, 0) is 11.1 Å². The molecule has 27 heavy (non-hydrogen) atoms. The van der Waals surface area contributed by atoms with Gasteiger partial charge in [-0.3, -0.25) is 9.58 Å². The van der Waals surface area contributed by atoms with Crippen LogP contribution in [0.3, 0.4) is 0 Å². The fraction of sp³-hybridized carbons (Fsp3) is 0.318. The molecule has 5 heteroatoms. The highest BCUT2D eigenvalue weighted by Crippen LogP contribution is 2.30. The van der Waals surface area contributed by atoms with Crippen molar-refractivity contribution in [3.05, 3.63) is 89.7 Å². The number of aromatic nitrogens is 2. The standard InChI is InChI=1S/C22H25N3O2/c26-17-21-22(20-9-5-2-6-10-20)24(11-12-27-21)14-19-13-23-25(16-19)15-18-7-3-1-4-8-18/h1-10,13,16,21-22,26H,11-12,14-15,17H2/t21-,22-/m0/s1. The van der Waals surface area contributed by atoms with E-state index in [1.165, 1.54) is 16.7 Å². The number of nitrogens with zero attached hydrogens (tertiary/aromatic N) is 3.